The average molecular weight is 348 g/mol. The second-order valence-corrected chi connectivity index (χ2v) is 8.41. The number of alkyl carbamates (subject to hydrolysis) is 1. The Balaban J connectivity index is 1.47. The van der Waals surface area contributed by atoms with E-state index in [-0.39, 0.29) is 6.09 Å². The van der Waals surface area contributed by atoms with Crippen LogP contribution in [0.3, 0.4) is 0 Å². The van der Waals surface area contributed by atoms with Crippen LogP contribution >= 0.6 is 0 Å². The van der Waals surface area contributed by atoms with Gasteiger partial charge in [-0.3, -0.25) is 9.58 Å². The zero-order valence-corrected chi connectivity index (χ0v) is 15.8. The molecule has 140 valence electrons. The number of aromatic nitrogens is 2. The Morgan fingerprint density at radius 3 is 2.72 bits per heavy atom. The molecule has 1 N–H and O–H groups in total. The Bertz CT molecular complexity index is 572. The van der Waals surface area contributed by atoms with Gasteiger partial charge in [-0.2, -0.15) is 5.10 Å². The molecule has 1 saturated carbocycles. The predicted molar refractivity (Wildman–Crippen MR) is 97.4 cm³/mol. The molecular weight excluding hydrogens is 316 g/mol. The molecule has 1 atom stereocenters. The second kappa shape index (κ2) is 7.77. The molecule has 1 aromatic heterocycles. The molecule has 1 aliphatic heterocycles. The van der Waals surface area contributed by atoms with Gasteiger partial charge < -0.3 is 10.1 Å². The van der Waals surface area contributed by atoms with Crippen LogP contribution < -0.4 is 5.32 Å². The number of nitrogens with one attached hydrogen (secondary N) is 1. The highest BCUT2D eigenvalue weighted by Crippen LogP contribution is 2.29. The van der Waals surface area contributed by atoms with Crippen molar-refractivity contribution in [2.24, 2.45) is 0 Å². The van der Waals surface area contributed by atoms with Crippen molar-refractivity contribution in [1.82, 2.24) is 20.0 Å². The predicted octanol–water partition coefficient (Wildman–Crippen LogP) is 3.49. The summed E-state index contributed by atoms with van der Waals surface area (Å²) in [5.41, 5.74) is 0.544. The minimum absolute atomic E-state index is 0.385. The minimum atomic E-state index is -0.472. The van der Waals surface area contributed by atoms with Crippen molar-refractivity contribution in [1.29, 1.82) is 0 Å². The zero-order chi connectivity index (χ0) is 17.9. The van der Waals surface area contributed by atoms with Crippen LogP contribution in [0, 0.1) is 0 Å². The summed E-state index contributed by atoms with van der Waals surface area (Å²) in [5.74, 6) is 0. The van der Waals surface area contributed by atoms with E-state index in [4.69, 9.17) is 4.74 Å². The van der Waals surface area contributed by atoms with Crippen LogP contribution in [0.1, 0.15) is 70.9 Å². The molecular formula is C19H32N4O2. The molecule has 0 bridgehead atoms. The number of amides is 1. The molecule has 2 heterocycles. The van der Waals surface area contributed by atoms with Crippen LogP contribution in [0.5, 0.6) is 0 Å². The fraction of sp³-hybridized carbons (Fsp3) is 0.789. The summed E-state index contributed by atoms with van der Waals surface area (Å²) < 4.78 is 7.34. The van der Waals surface area contributed by atoms with E-state index in [1.807, 2.05) is 27.0 Å². The van der Waals surface area contributed by atoms with Crippen LogP contribution in [0.4, 0.5) is 4.79 Å². The van der Waals surface area contributed by atoms with Gasteiger partial charge in [0.15, 0.2) is 0 Å². The van der Waals surface area contributed by atoms with E-state index in [2.05, 4.69) is 26.2 Å². The van der Waals surface area contributed by atoms with Gasteiger partial charge in [0.25, 0.3) is 0 Å². The molecule has 1 aliphatic carbocycles. The number of rotatable bonds is 4. The third kappa shape index (κ3) is 5.21. The van der Waals surface area contributed by atoms with Gasteiger partial charge in [0.2, 0.25) is 0 Å². The molecule has 0 aromatic carbocycles. The lowest BCUT2D eigenvalue weighted by Gasteiger charge is -2.30. The van der Waals surface area contributed by atoms with Gasteiger partial charge in [-0.15, -0.1) is 0 Å². The summed E-state index contributed by atoms with van der Waals surface area (Å²) in [6.07, 6.45) is 11.6. The van der Waals surface area contributed by atoms with Gasteiger partial charge in [-0.25, -0.2) is 4.79 Å². The fourth-order valence-electron chi connectivity index (χ4n) is 3.92. The van der Waals surface area contributed by atoms with E-state index in [0.29, 0.717) is 12.6 Å². The van der Waals surface area contributed by atoms with Gasteiger partial charge in [-0.05, 0) is 40.0 Å². The molecule has 2 aliphatic rings. The molecule has 1 saturated heterocycles. The topological polar surface area (TPSA) is 59.4 Å². The third-order valence-electron chi connectivity index (χ3n) is 5.15. The molecule has 6 nitrogen and oxygen atoms in total. The zero-order valence-electron chi connectivity index (χ0n) is 15.8. The first kappa shape index (κ1) is 18.2. The molecule has 2 fully saturated rings. The Morgan fingerprint density at radius 2 is 2.00 bits per heavy atom. The Labute approximate surface area is 150 Å². The highest BCUT2D eigenvalue weighted by molar-refractivity contribution is 5.67. The van der Waals surface area contributed by atoms with E-state index >= 15 is 0 Å². The summed E-state index contributed by atoms with van der Waals surface area (Å²) in [4.78, 5) is 14.4. The molecule has 0 radical (unpaired) electrons. The summed E-state index contributed by atoms with van der Waals surface area (Å²) in [6.45, 7) is 8.33. The number of ether oxygens (including phenoxy) is 1. The van der Waals surface area contributed by atoms with Crippen molar-refractivity contribution >= 4 is 6.09 Å². The standard InChI is InChI=1S/C19H32N4O2/c1-19(2,3)25-18(24)20-11-15-12-21-23(13-15)17-9-10-22(14-17)16-7-5-4-6-8-16/h12-13,16-17H,4-11,14H2,1-3H3,(H,20,24)/t17-/m1/s1. The van der Waals surface area contributed by atoms with Crippen LogP contribution in [-0.2, 0) is 11.3 Å². The third-order valence-corrected chi connectivity index (χ3v) is 5.15. The Hall–Kier alpha value is -1.56. The first-order chi connectivity index (χ1) is 11.9. The number of nitrogens with zero attached hydrogens (tertiary/aromatic N) is 3. The van der Waals surface area contributed by atoms with Crippen molar-refractivity contribution < 1.29 is 9.53 Å². The Kier molecular flexibility index (Phi) is 5.67. The maximum absolute atomic E-state index is 11.7. The molecule has 1 aromatic rings. The van der Waals surface area contributed by atoms with Gasteiger partial charge in [0.1, 0.15) is 5.60 Å². The van der Waals surface area contributed by atoms with Gasteiger partial charge in [-0.1, -0.05) is 19.3 Å². The number of hydrogen-bond acceptors (Lipinski definition) is 4. The second-order valence-electron chi connectivity index (χ2n) is 8.41. The highest BCUT2D eigenvalue weighted by atomic mass is 16.6. The van der Waals surface area contributed by atoms with Crippen molar-refractivity contribution in [3.05, 3.63) is 18.0 Å². The SMILES string of the molecule is CC(C)(C)OC(=O)NCc1cnn([C@@H]2CCN(C3CCCCC3)C2)c1. The van der Waals surface area contributed by atoms with E-state index in [9.17, 15) is 4.79 Å². The van der Waals surface area contributed by atoms with Gasteiger partial charge in [0, 0.05) is 37.4 Å². The number of carbonyl (C=O) groups is 1. The smallest absolute Gasteiger partial charge is 0.407 e. The summed E-state index contributed by atoms with van der Waals surface area (Å²) in [6, 6.07) is 1.24. The first-order valence-electron chi connectivity index (χ1n) is 9.65. The Morgan fingerprint density at radius 1 is 1.24 bits per heavy atom. The van der Waals surface area contributed by atoms with Crippen LogP contribution in [-0.4, -0.2) is 45.5 Å². The van der Waals surface area contributed by atoms with Crippen molar-refractivity contribution in [2.75, 3.05) is 13.1 Å². The summed E-state index contributed by atoms with van der Waals surface area (Å²) >= 11 is 0. The minimum Gasteiger partial charge on any atom is -0.444 e. The molecule has 1 amide bonds. The lowest BCUT2D eigenvalue weighted by molar-refractivity contribution is 0.0523. The first-order valence-corrected chi connectivity index (χ1v) is 9.65. The lowest BCUT2D eigenvalue weighted by Crippen LogP contribution is -2.35. The molecule has 0 unspecified atom stereocenters. The van der Waals surface area contributed by atoms with E-state index in [1.54, 1.807) is 0 Å². The average Bonchev–Trinajstić information content (AvgIpc) is 3.21. The molecule has 3 rings (SSSR count). The highest BCUT2D eigenvalue weighted by Gasteiger charge is 2.30. The maximum Gasteiger partial charge on any atom is 0.407 e. The van der Waals surface area contributed by atoms with E-state index in [0.717, 1.165) is 24.6 Å². The number of hydrogen-bond donors (Lipinski definition) is 1. The van der Waals surface area contributed by atoms with Crippen LogP contribution in [0.2, 0.25) is 0 Å². The van der Waals surface area contributed by atoms with Crippen LogP contribution in [0.15, 0.2) is 12.4 Å². The number of carbonyl (C=O) groups excluding carboxylic acids is 1. The molecule has 6 heteroatoms. The molecule has 25 heavy (non-hydrogen) atoms. The summed E-state index contributed by atoms with van der Waals surface area (Å²) in [7, 11) is 0. The number of likely N-dealkylation sites (tertiary alicyclic amines) is 1. The largest absolute Gasteiger partial charge is 0.444 e. The quantitative estimate of drug-likeness (QED) is 0.905. The van der Waals surface area contributed by atoms with Gasteiger partial charge in [0.05, 0.1) is 12.2 Å². The van der Waals surface area contributed by atoms with Gasteiger partial charge >= 0.3 is 6.09 Å². The van der Waals surface area contributed by atoms with E-state index in [1.165, 1.54) is 38.6 Å². The van der Waals surface area contributed by atoms with Crippen molar-refractivity contribution in [2.45, 2.75) is 83.5 Å². The lowest BCUT2D eigenvalue weighted by atomic mass is 9.94. The van der Waals surface area contributed by atoms with Crippen molar-refractivity contribution in [3.63, 3.8) is 0 Å². The molecule has 0 spiro atoms. The maximum atomic E-state index is 11.7. The van der Waals surface area contributed by atoms with E-state index < -0.39 is 5.60 Å². The normalized spacial score (nSPS) is 22.9. The fourth-order valence-corrected chi connectivity index (χ4v) is 3.92. The van der Waals surface area contributed by atoms with Crippen LogP contribution in [0.25, 0.3) is 0 Å². The monoisotopic (exact) mass is 348 g/mol. The summed E-state index contributed by atoms with van der Waals surface area (Å²) in [5, 5.41) is 7.32. The van der Waals surface area contributed by atoms with Crippen molar-refractivity contribution in [3.8, 4) is 0 Å².